The number of benzene rings is 8. The molecule has 5 heteroatoms. The summed E-state index contributed by atoms with van der Waals surface area (Å²) in [6, 6.07) is 68.9. The summed E-state index contributed by atoms with van der Waals surface area (Å²) < 4.78 is 9.33. The van der Waals surface area contributed by atoms with Gasteiger partial charge in [0.05, 0.1) is 28.1 Å². The Kier molecular flexibility index (Phi) is 11.9. The molecule has 2 N–H and O–H groups in total. The molecule has 336 valence electrons. The van der Waals surface area contributed by atoms with Crippen LogP contribution in [0.4, 0.5) is 22.7 Å². The molecular weight excluding hydrogens is 829 g/mol. The zero-order valence-corrected chi connectivity index (χ0v) is 40.0. The number of anilines is 4. The number of rotatable bonds is 12. The molecular formula is C63H58N4O. The van der Waals surface area contributed by atoms with E-state index in [9.17, 15) is 0 Å². The van der Waals surface area contributed by atoms with E-state index in [1.807, 2.05) is 6.20 Å². The Bertz CT molecular complexity index is 3330. The highest BCUT2D eigenvalue weighted by atomic mass is 16.5. The summed E-state index contributed by atoms with van der Waals surface area (Å²) in [5, 5.41) is 10.1. The van der Waals surface area contributed by atoms with Crippen LogP contribution in [0.1, 0.15) is 77.0 Å². The van der Waals surface area contributed by atoms with Gasteiger partial charge in [-0.1, -0.05) is 176 Å². The molecule has 10 rings (SSSR count). The van der Waals surface area contributed by atoms with Crippen LogP contribution in [0.5, 0.6) is 11.5 Å². The highest BCUT2D eigenvalue weighted by molar-refractivity contribution is 6.09. The molecule has 0 atom stereocenters. The van der Waals surface area contributed by atoms with Gasteiger partial charge in [-0.3, -0.25) is 4.57 Å². The molecule has 2 heterocycles. The third-order valence-electron chi connectivity index (χ3n) is 13.0. The Morgan fingerprint density at radius 3 is 1.72 bits per heavy atom. The van der Waals surface area contributed by atoms with Crippen LogP contribution in [0.25, 0.3) is 61.0 Å². The van der Waals surface area contributed by atoms with Crippen molar-refractivity contribution in [1.82, 2.24) is 9.55 Å². The van der Waals surface area contributed by atoms with E-state index >= 15 is 0 Å². The minimum Gasteiger partial charge on any atom is -0.457 e. The van der Waals surface area contributed by atoms with Crippen molar-refractivity contribution in [3.05, 3.63) is 217 Å². The predicted octanol–water partition coefficient (Wildman–Crippen LogP) is 18.0. The summed E-state index contributed by atoms with van der Waals surface area (Å²) in [6.45, 7) is 15.8. The first-order chi connectivity index (χ1) is 33.0. The molecule has 10 aromatic rings. The van der Waals surface area contributed by atoms with Gasteiger partial charge in [0.2, 0.25) is 0 Å². The maximum absolute atomic E-state index is 7.06. The molecule has 0 radical (unpaired) electrons. The Balaban J connectivity index is 1.10. The summed E-state index contributed by atoms with van der Waals surface area (Å²) in [4.78, 5) is 4.93. The van der Waals surface area contributed by atoms with Crippen molar-refractivity contribution in [2.75, 3.05) is 10.6 Å². The molecule has 0 amide bonds. The second kappa shape index (κ2) is 18.4. The Labute approximate surface area is 401 Å². The van der Waals surface area contributed by atoms with Gasteiger partial charge in [0.25, 0.3) is 0 Å². The molecule has 68 heavy (non-hydrogen) atoms. The lowest BCUT2D eigenvalue weighted by molar-refractivity contribution is 0.484. The monoisotopic (exact) mass is 886 g/mol. The Morgan fingerprint density at radius 2 is 1.07 bits per heavy atom. The maximum atomic E-state index is 7.06. The SMILES string of the molecule is CC(C)c1cccc(C(C)C)c1-c1cc(Nc2ccccc2Nc2c(-c3ccccc3)cccc2-c2ccccc2)cc(Oc2ccc3c4ccccc4n(-c4cc(C(C)(C)C)ccn4)c3c2)c1. The van der Waals surface area contributed by atoms with Gasteiger partial charge < -0.3 is 15.4 Å². The zero-order valence-electron chi connectivity index (χ0n) is 40.0. The van der Waals surface area contributed by atoms with Crippen molar-refractivity contribution in [2.45, 2.75) is 65.7 Å². The van der Waals surface area contributed by atoms with Gasteiger partial charge >= 0.3 is 0 Å². The average Bonchev–Trinajstić information content (AvgIpc) is 3.68. The van der Waals surface area contributed by atoms with E-state index in [1.54, 1.807) is 0 Å². The summed E-state index contributed by atoms with van der Waals surface area (Å²) in [5.74, 6) is 2.99. The first-order valence-electron chi connectivity index (χ1n) is 23.8. The lowest BCUT2D eigenvalue weighted by atomic mass is 9.85. The van der Waals surface area contributed by atoms with Crippen molar-refractivity contribution >= 4 is 44.6 Å². The quantitative estimate of drug-likeness (QED) is 0.128. The molecule has 8 aromatic carbocycles. The third-order valence-corrected chi connectivity index (χ3v) is 13.0. The van der Waals surface area contributed by atoms with Crippen LogP contribution in [0.2, 0.25) is 0 Å². The maximum Gasteiger partial charge on any atom is 0.137 e. The summed E-state index contributed by atoms with van der Waals surface area (Å²) in [7, 11) is 0. The predicted molar refractivity (Wildman–Crippen MR) is 288 cm³/mol. The van der Waals surface area contributed by atoms with E-state index in [1.165, 1.54) is 27.6 Å². The molecule has 0 aliphatic rings. The average molecular weight is 887 g/mol. The van der Waals surface area contributed by atoms with Crippen molar-refractivity contribution < 1.29 is 4.74 Å². The van der Waals surface area contributed by atoms with E-state index in [0.29, 0.717) is 11.8 Å². The number of fused-ring (bicyclic) bond motifs is 3. The standard InChI is InChI=1S/C63H58N4O/c1-41(2)50-25-18-26-51(42(3)4)61(50)45-36-47(65-56-29-15-16-30-57(56)66-62-52(43-20-10-8-11-21-43)27-19-28-53(62)44-22-12-9-13-23-44)39-49(37-45)68-48-32-33-55-54-24-14-17-31-58(54)67(59(55)40-48)60-38-46(34-35-64-60)63(5,6)7/h8-42,65-66H,1-7H3. The van der Waals surface area contributed by atoms with Crippen molar-refractivity contribution in [2.24, 2.45) is 0 Å². The number of hydrogen-bond donors (Lipinski definition) is 2. The molecule has 0 aliphatic heterocycles. The molecule has 0 saturated heterocycles. The van der Waals surface area contributed by atoms with Crippen LogP contribution >= 0.6 is 0 Å². The number of hydrogen-bond acceptors (Lipinski definition) is 4. The molecule has 5 nitrogen and oxygen atoms in total. The second-order valence-corrected chi connectivity index (χ2v) is 19.4. The lowest BCUT2D eigenvalue weighted by Gasteiger charge is -2.22. The zero-order chi connectivity index (χ0) is 46.9. The number of para-hydroxylation sites is 4. The van der Waals surface area contributed by atoms with E-state index in [0.717, 1.165) is 84.3 Å². The third kappa shape index (κ3) is 8.76. The molecule has 0 unspecified atom stereocenters. The van der Waals surface area contributed by atoms with E-state index in [-0.39, 0.29) is 5.41 Å². The number of ether oxygens (including phenoxy) is 1. The van der Waals surface area contributed by atoms with Gasteiger partial charge in [-0.2, -0.15) is 0 Å². The van der Waals surface area contributed by atoms with Crippen LogP contribution < -0.4 is 15.4 Å². The minimum absolute atomic E-state index is 0.0283. The fourth-order valence-corrected chi connectivity index (χ4v) is 9.56. The van der Waals surface area contributed by atoms with Gasteiger partial charge in [-0.05, 0) is 111 Å². The first kappa shape index (κ1) is 44.0. The highest BCUT2D eigenvalue weighted by Gasteiger charge is 2.21. The van der Waals surface area contributed by atoms with E-state index in [2.05, 4.69) is 258 Å². The normalized spacial score (nSPS) is 11.7. The highest BCUT2D eigenvalue weighted by Crippen LogP contribution is 2.44. The van der Waals surface area contributed by atoms with Crippen LogP contribution in [0.15, 0.2) is 200 Å². The molecule has 0 aliphatic carbocycles. The molecule has 0 saturated carbocycles. The lowest BCUT2D eigenvalue weighted by Crippen LogP contribution is -2.12. The van der Waals surface area contributed by atoms with Crippen LogP contribution in [-0.4, -0.2) is 9.55 Å². The topological polar surface area (TPSA) is 51.1 Å². The molecule has 0 fully saturated rings. The van der Waals surface area contributed by atoms with Crippen LogP contribution in [-0.2, 0) is 5.41 Å². The fourth-order valence-electron chi connectivity index (χ4n) is 9.56. The smallest absolute Gasteiger partial charge is 0.137 e. The largest absolute Gasteiger partial charge is 0.457 e. The van der Waals surface area contributed by atoms with Crippen LogP contribution in [0, 0.1) is 0 Å². The van der Waals surface area contributed by atoms with Crippen molar-refractivity contribution in [3.63, 3.8) is 0 Å². The van der Waals surface area contributed by atoms with Crippen molar-refractivity contribution in [1.29, 1.82) is 0 Å². The Hall–Kier alpha value is -7.89. The van der Waals surface area contributed by atoms with E-state index < -0.39 is 0 Å². The summed E-state index contributed by atoms with van der Waals surface area (Å²) in [5.41, 5.74) is 16.7. The van der Waals surface area contributed by atoms with Gasteiger partial charge in [0.15, 0.2) is 0 Å². The second-order valence-electron chi connectivity index (χ2n) is 19.4. The summed E-state index contributed by atoms with van der Waals surface area (Å²) in [6.07, 6.45) is 1.93. The van der Waals surface area contributed by atoms with Gasteiger partial charge in [-0.25, -0.2) is 4.98 Å². The van der Waals surface area contributed by atoms with Gasteiger partial charge in [0.1, 0.15) is 17.3 Å². The number of pyridine rings is 1. The number of nitrogens with zero attached hydrogens (tertiary/aromatic N) is 2. The first-order valence-corrected chi connectivity index (χ1v) is 23.8. The van der Waals surface area contributed by atoms with Crippen molar-refractivity contribution in [3.8, 4) is 50.7 Å². The molecule has 0 bridgehead atoms. The Morgan fingerprint density at radius 1 is 0.485 bits per heavy atom. The minimum atomic E-state index is -0.0283. The molecule has 0 spiro atoms. The fraction of sp³-hybridized carbons (Fsp3) is 0.159. The van der Waals surface area contributed by atoms with E-state index in [4.69, 9.17) is 9.72 Å². The van der Waals surface area contributed by atoms with Gasteiger partial charge in [0, 0.05) is 45.9 Å². The van der Waals surface area contributed by atoms with Gasteiger partial charge in [-0.15, -0.1) is 0 Å². The number of aromatic nitrogens is 2. The summed E-state index contributed by atoms with van der Waals surface area (Å²) >= 11 is 0. The van der Waals surface area contributed by atoms with Crippen LogP contribution in [0.3, 0.4) is 0 Å². The number of nitrogens with one attached hydrogen (secondary N) is 2. The molecule has 2 aromatic heterocycles.